The molecule has 0 saturated heterocycles. The number of fused-ring (bicyclic) bond motifs is 2. The van der Waals surface area contributed by atoms with Crippen molar-refractivity contribution in [1.82, 2.24) is 14.9 Å². The highest BCUT2D eigenvalue weighted by atomic mass is 32.2. The van der Waals surface area contributed by atoms with E-state index in [0.29, 0.717) is 0 Å². The third-order valence-corrected chi connectivity index (χ3v) is 5.01. The van der Waals surface area contributed by atoms with Crippen molar-refractivity contribution in [2.45, 2.75) is 24.7 Å². The lowest BCUT2D eigenvalue weighted by atomic mass is 10.0. The fraction of sp³-hybridized carbons (Fsp3) is 0.263. The van der Waals surface area contributed by atoms with E-state index in [0.717, 1.165) is 31.2 Å². The van der Waals surface area contributed by atoms with E-state index in [4.69, 9.17) is 0 Å². The molecule has 23 heavy (non-hydrogen) atoms. The minimum Gasteiger partial charge on any atom is -0.294 e. The van der Waals surface area contributed by atoms with Gasteiger partial charge in [0.25, 0.3) is 0 Å². The van der Waals surface area contributed by atoms with Crippen LogP contribution in [-0.4, -0.2) is 27.7 Å². The summed E-state index contributed by atoms with van der Waals surface area (Å²) in [6, 6.07) is 15.2. The van der Waals surface area contributed by atoms with E-state index < -0.39 is 0 Å². The summed E-state index contributed by atoms with van der Waals surface area (Å²) in [4.78, 5) is 11.6. The first-order chi connectivity index (χ1) is 11.3. The molecule has 0 radical (unpaired) electrons. The van der Waals surface area contributed by atoms with Crippen LogP contribution >= 0.6 is 11.8 Å². The van der Waals surface area contributed by atoms with Gasteiger partial charge in [-0.2, -0.15) is 0 Å². The Morgan fingerprint density at radius 2 is 2.00 bits per heavy atom. The van der Waals surface area contributed by atoms with E-state index >= 15 is 0 Å². The van der Waals surface area contributed by atoms with Gasteiger partial charge in [-0.3, -0.25) is 4.90 Å². The summed E-state index contributed by atoms with van der Waals surface area (Å²) >= 11 is 1.61. The van der Waals surface area contributed by atoms with E-state index in [2.05, 4.69) is 57.3 Å². The minimum atomic E-state index is 0.881. The Kier molecular flexibility index (Phi) is 4.02. The van der Waals surface area contributed by atoms with E-state index in [1.54, 1.807) is 11.8 Å². The molecule has 4 heteroatoms. The molecule has 0 amide bonds. The Morgan fingerprint density at radius 3 is 2.91 bits per heavy atom. The molecule has 0 fully saturated rings. The zero-order chi connectivity index (χ0) is 15.6. The van der Waals surface area contributed by atoms with Crippen LogP contribution in [0.1, 0.15) is 16.8 Å². The van der Waals surface area contributed by atoms with Gasteiger partial charge in [-0.05, 0) is 22.6 Å². The molecule has 1 aromatic heterocycles. The van der Waals surface area contributed by atoms with Gasteiger partial charge in [0.15, 0.2) is 5.16 Å². The molecule has 2 aromatic carbocycles. The van der Waals surface area contributed by atoms with Gasteiger partial charge in [0.05, 0.1) is 5.69 Å². The molecule has 2 heterocycles. The summed E-state index contributed by atoms with van der Waals surface area (Å²) in [7, 11) is 0. The largest absolute Gasteiger partial charge is 0.294 e. The van der Waals surface area contributed by atoms with E-state index in [-0.39, 0.29) is 0 Å². The van der Waals surface area contributed by atoms with Gasteiger partial charge in [0.2, 0.25) is 0 Å². The molecular formula is C19H19N3S. The summed E-state index contributed by atoms with van der Waals surface area (Å²) in [6.45, 7) is 2.97. The SMILES string of the molecule is CSc1ncc2c(n1)CCN(Cc1cccc3ccccc13)C2. The third-order valence-electron chi connectivity index (χ3n) is 4.45. The van der Waals surface area contributed by atoms with Gasteiger partial charge in [0, 0.05) is 37.8 Å². The Morgan fingerprint density at radius 1 is 1.13 bits per heavy atom. The third kappa shape index (κ3) is 2.96. The molecular weight excluding hydrogens is 302 g/mol. The first kappa shape index (κ1) is 14.7. The zero-order valence-electron chi connectivity index (χ0n) is 13.2. The average Bonchev–Trinajstić information content (AvgIpc) is 2.61. The smallest absolute Gasteiger partial charge is 0.187 e. The summed E-state index contributed by atoms with van der Waals surface area (Å²) < 4.78 is 0. The fourth-order valence-corrected chi connectivity index (χ4v) is 3.62. The molecule has 0 aliphatic carbocycles. The van der Waals surface area contributed by atoms with Crippen molar-refractivity contribution in [3.63, 3.8) is 0 Å². The van der Waals surface area contributed by atoms with Gasteiger partial charge in [0.1, 0.15) is 0 Å². The molecule has 0 spiro atoms. The van der Waals surface area contributed by atoms with Gasteiger partial charge < -0.3 is 0 Å². The molecule has 3 aromatic rings. The summed E-state index contributed by atoms with van der Waals surface area (Å²) in [5, 5.41) is 3.55. The molecule has 0 bridgehead atoms. The van der Waals surface area contributed by atoms with Crippen LogP contribution in [0.4, 0.5) is 0 Å². The monoisotopic (exact) mass is 321 g/mol. The van der Waals surface area contributed by atoms with Crippen molar-refractivity contribution < 1.29 is 0 Å². The summed E-state index contributed by atoms with van der Waals surface area (Å²) in [5.41, 5.74) is 3.89. The molecule has 4 rings (SSSR count). The fourth-order valence-electron chi connectivity index (χ4n) is 3.26. The minimum absolute atomic E-state index is 0.881. The normalized spacial score (nSPS) is 14.8. The Hall–Kier alpha value is -1.91. The second kappa shape index (κ2) is 6.30. The lowest BCUT2D eigenvalue weighted by Gasteiger charge is -2.28. The molecule has 1 aliphatic rings. The number of aromatic nitrogens is 2. The Labute approximate surface area is 140 Å². The van der Waals surface area contributed by atoms with Crippen LogP contribution < -0.4 is 0 Å². The molecule has 3 nitrogen and oxygen atoms in total. The van der Waals surface area contributed by atoms with Gasteiger partial charge in [-0.25, -0.2) is 9.97 Å². The highest BCUT2D eigenvalue weighted by Crippen LogP contribution is 2.24. The van der Waals surface area contributed by atoms with E-state index in [1.165, 1.54) is 27.6 Å². The van der Waals surface area contributed by atoms with E-state index in [9.17, 15) is 0 Å². The van der Waals surface area contributed by atoms with Gasteiger partial charge in [-0.15, -0.1) is 0 Å². The maximum Gasteiger partial charge on any atom is 0.187 e. The molecule has 0 N–H and O–H groups in total. The number of hydrogen-bond acceptors (Lipinski definition) is 4. The highest BCUT2D eigenvalue weighted by Gasteiger charge is 2.19. The zero-order valence-corrected chi connectivity index (χ0v) is 14.0. The number of benzene rings is 2. The van der Waals surface area contributed by atoms with Gasteiger partial charge >= 0.3 is 0 Å². The van der Waals surface area contributed by atoms with Crippen molar-refractivity contribution in [2.24, 2.45) is 0 Å². The lowest BCUT2D eigenvalue weighted by molar-refractivity contribution is 0.243. The molecule has 0 atom stereocenters. The maximum absolute atomic E-state index is 4.65. The summed E-state index contributed by atoms with van der Waals surface area (Å²) in [5.74, 6) is 0. The topological polar surface area (TPSA) is 29.0 Å². The van der Waals surface area contributed by atoms with Crippen molar-refractivity contribution in [2.75, 3.05) is 12.8 Å². The second-order valence-corrected chi connectivity index (χ2v) is 6.70. The van der Waals surface area contributed by atoms with Gasteiger partial charge in [-0.1, -0.05) is 54.2 Å². The number of nitrogens with zero attached hydrogens (tertiary/aromatic N) is 3. The standard InChI is InChI=1S/C19H19N3S/c1-23-19-20-11-16-13-22(10-9-18(16)21-19)12-15-7-4-6-14-5-2-3-8-17(14)15/h2-8,11H,9-10,12-13H2,1H3. The summed E-state index contributed by atoms with van der Waals surface area (Å²) in [6.07, 6.45) is 5.04. The van der Waals surface area contributed by atoms with Crippen molar-refractivity contribution >= 4 is 22.5 Å². The molecule has 116 valence electrons. The van der Waals surface area contributed by atoms with Crippen LogP contribution in [0.25, 0.3) is 10.8 Å². The van der Waals surface area contributed by atoms with E-state index in [1.807, 2.05) is 12.5 Å². The first-order valence-electron chi connectivity index (χ1n) is 7.91. The average molecular weight is 321 g/mol. The Balaban J connectivity index is 1.58. The molecule has 0 saturated carbocycles. The van der Waals surface area contributed by atoms with Crippen LogP contribution in [0.3, 0.4) is 0 Å². The number of thioether (sulfide) groups is 1. The number of rotatable bonds is 3. The number of hydrogen-bond donors (Lipinski definition) is 0. The predicted octanol–water partition coefficient (Wildman–Crippen LogP) is 3.91. The predicted molar refractivity (Wildman–Crippen MR) is 95.6 cm³/mol. The lowest BCUT2D eigenvalue weighted by Crippen LogP contribution is -2.31. The molecule has 0 unspecified atom stereocenters. The highest BCUT2D eigenvalue weighted by molar-refractivity contribution is 7.98. The maximum atomic E-state index is 4.65. The van der Waals surface area contributed by atoms with Crippen LogP contribution in [0.15, 0.2) is 53.8 Å². The molecule has 1 aliphatic heterocycles. The van der Waals surface area contributed by atoms with Crippen molar-refractivity contribution in [3.05, 3.63) is 65.5 Å². The van der Waals surface area contributed by atoms with Crippen molar-refractivity contribution in [3.8, 4) is 0 Å². The Bertz CT molecular complexity index is 842. The van der Waals surface area contributed by atoms with Crippen LogP contribution in [0.2, 0.25) is 0 Å². The van der Waals surface area contributed by atoms with Crippen LogP contribution in [0, 0.1) is 0 Å². The quantitative estimate of drug-likeness (QED) is 0.540. The van der Waals surface area contributed by atoms with Crippen molar-refractivity contribution in [1.29, 1.82) is 0 Å². The van der Waals surface area contributed by atoms with Crippen LogP contribution in [-0.2, 0) is 19.5 Å². The first-order valence-corrected chi connectivity index (χ1v) is 9.14. The van der Waals surface area contributed by atoms with Crippen LogP contribution in [0.5, 0.6) is 0 Å². The second-order valence-electron chi connectivity index (χ2n) is 5.93.